The van der Waals surface area contributed by atoms with Gasteiger partial charge in [-0.1, -0.05) is 80.6 Å². The van der Waals surface area contributed by atoms with Crippen molar-refractivity contribution in [2.45, 2.75) is 24.9 Å². The SMILES string of the molecule is [C-]#[N+]c1ccc(-c2ccc3c(c2)C(C)(C)c2c4c(c5cc(OC)c(N6CCOCC6)cc5c2-3)OC(c2ccc(OC)cc2)(c2ccc(OC)cc2)C=C4)cc1. The fraction of sp³-hybridized carbons (Fsp3) is 0.229. The molecular weight excluding hydrogens is 685 g/mol. The van der Waals surface area contributed by atoms with Crippen molar-refractivity contribution in [3.05, 3.63) is 148 Å². The van der Waals surface area contributed by atoms with Crippen molar-refractivity contribution >= 4 is 28.2 Å². The van der Waals surface area contributed by atoms with Gasteiger partial charge in [0.2, 0.25) is 0 Å². The van der Waals surface area contributed by atoms with E-state index < -0.39 is 5.60 Å². The second-order valence-corrected chi connectivity index (χ2v) is 14.8. The number of benzene rings is 6. The highest BCUT2D eigenvalue weighted by Crippen LogP contribution is 2.59. The summed E-state index contributed by atoms with van der Waals surface area (Å²) in [4.78, 5) is 5.97. The quantitative estimate of drug-likeness (QED) is 0.153. The first-order valence-electron chi connectivity index (χ1n) is 18.6. The van der Waals surface area contributed by atoms with Gasteiger partial charge in [-0.05, 0) is 87.3 Å². The Bertz CT molecular complexity index is 2480. The van der Waals surface area contributed by atoms with Crippen molar-refractivity contribution in [2.24, 2.45) is 0 Å². The Morgan fingerprint density at radius 1 is 0.709 bits per heavy atom. The lowest BCUT2D eigenvalue weighted by atomic mass is 9.76. The molecule has 7 nitrogen and oxygen atoms in total. The number of hydrogen-bond donors (Lipinski definition) is 0. The van der Waals surface area contributed by atoms with Crippen LogP contribution >= 0.6 is 0 Å². The van der Waals surface area contributed by atoms with E-state index in [2.05, 4.69) is 90.3 Å². The minimum absolute atomic E-state index is 0.373. The molecule has 0 radical (unpaired) electrons. The van der Waals surface area contributed by atoms with Gasteiger partial charge in [0.05, 0.1) is 46.8 Å². The summed E-state index contributed by atoms with van der Waals surface area (Å²) in [7, 11) is 5.11. The first-order chi connectivity index (χ1) is 26.8. The van der Waals surface area contributed by atoms with Gasteiger partial charge >= 0.3 is 0 Å². The number of anilines is 1. The molecule has 7 heteroatoms. The Morgan fingerprint density at radius 3 is 1.95 bits per heavy atom. The monoisotopic (exact) mass is 726 g/mol. The van der Waals surface area contributed by atoms with Gasteiger partial charge in [-0.3, -0.25) is 0 Å². The highest BCUT2D eigenvalue weighted by atomic mass is 16.5. The molecule has 1 fully saturated rings. The molecule has 2 aliphatic heterocycles. The number of nitrogens with zero attached hydrogens (tertiary/aromatic N) is 2. The van der Waals surface area contributed by atoms with Gasteiger partial charge in [-0.2, -0.15) is 0 Å². The maximum Gasteiger partial charge on any atom is 0.187 e. The zero-order valence-electron chi connectivity index (χ0n) is 31.7. The summed E-state index contributed by atoms with van der Waals surface area (Å²) in [5, 5.41) is 2.10. The molecule has 274 valence electrons. The van der Waals surface area contributed by atoms with Crippen LogP contribution in [0.25, 0.3) is 43.9 Å². The van der Waals surface area contributed by atoms with E-state index in [-0.39, 0.29) is 5.41 Å². The zero-order chi connectivity index (χ0) is 37.9. The molecule has 3 aliphatic rings. The summed E-state index contributed by atoms with van der Waals surface area (Å²) in [5.41, 5.74) is 10.5. The van der Waals surface area contributed by atoms with Crippen LogP contribution in [0.4, 0.5) is 11.4 Å². The van der Waals surface area contributed by atoms with Crippen LogP contribution in [0.3, 0.4) is 0 Å². The topological polar surface area (TPSA) is 53.8 Å². The molecule has 0 amide bonds. The number of rotatable bonds is 7. The van der Waals surface area contributed by atoms with E-state index in [0.717, 1.165) is 80.4 Å². The van der Waals surface area contributed by atoms with E-state index in [1.807, 2.05) is 48.5 Å². The molecule has 0 spiro atoms. The molecule has 6 aromatic carbocycles. The van der Waals surface area contributed by atoms with Crippen molar-refractivity contribution in [1.29, 1.82) is 0 Å². The summed E-state index contributed by atoms with van der Waals surface area (Å²) in [6.07, 6.45) is 4.47. The van der Waals surface area contributed by atoms with Crippen molar-refractivity contribution in [3.63, 3.8) is 0 Å². The van der Waals surface area contributed by atoms with Crippen LogP contribution in [0.5, 0.6) is 23.0 Å². The van der Waals surface area contributed by atoms with Gasteiger partial charge < -0.3 is 28.6 Å². The molecule has 0 atom stereocenters. The third-order valence-electron chi connectivity index (χ3n) is 11.7. The Kier molecular flexibility index (Phi) is 8.33. The predicted octanol–water partition coefficient (Wildman–Crippen LogP) is 10.6. The maximum absolute atomic E-state index is 7.59. The molecule has 0 N–H and O–H groups in total. The van der Waals surface area contributed by atoms with E-state index in [4.69, 9.17) is 30.3 Å². The average molecular weight is 727 g/mol. The van der Waals surface area contributed by atoms with E-state index >= 15 is 0 Å². The molecule has 0 unspecified atom stereocenters. The lowest BCUT2D eigenvalue weighted by molar-refractivity contribution is 0.122. The van der Waals surface area contributed by atoms with E-state index in [1.54, 1.807) is 21.3 Å². The second-order valence-electron chi connectivity index (χ2n) is 14.8. The molecule has 0 aromatic heterocycles. The molecule has 1 saturated heterocycles. The smallest absolute Gasteiger partial charge is 0.187 e. The van der Waals surface area contributed by atoms with E-state index in [1.165, 1.54) is 22.3 Å². The van der Waals surface area contributed by atoms with Crippen molar-refractivity contribution < 1.29 is 23.7 Å². The fourth-order valence-electron chi connectivity index (χ4n) is 8.78. The third kappa shape index (κ3) is 5.43. The number of fused-ring (bicyclic) bond motifs is 8. The Balaban J connectivity index is 1.32. The fourth-order valence-corrected chi connectivity index (χ4v) is 8.78. The summed E-state index contributed by atoms with van der Waals surface area (Å²) < 4.78 is 30.7. The molecule has 55 heavy (non-hydrogen) atoms. The number of methoxy groups -OCH3 is 3. The van der Waals surface area contributed by atoms with Gasteiger partial charge in [0.1, 0.15) is 23.0 Å². The minimum Gasteiger partial charge on any atom is -0.497 e. The van der Waals surface area contributed by atoms with Crippen LogP contribution in [-0.2, 0) is 15.8 Å². The molecule has 1 aliphatic carbocycles. The summed E-state index contributed by atoms with van der Waals surface area (Å²) >= 11 is 0. The minimum atomic E-state index is -0.955. The number of ether oxygens (including phenoxy) is 5. The van der Waals surface area contributed by atoms with Gasteiger partial charge in [0.15, 0.2) is 11.3 Å². The second kappa shape index (κ2) is 13.3. The normalized spacial score (nSPS) is 16.0. The van der Waals surface area contributed by atoms with Crippen LogP contribution in [0.2, 0.25) is 0 Å². The molecule has 9 rings (SSSR count). The third-order valence-corrected chi connectivity index (χ3v) is 11.7. The first-order valence-corrected chi connectivity index (χ1v) is 18.6. The van der Waals surface area contributed by atoms with Crippen molar-refractivity contribution in [1.82, 2.24) is 0 Å². The van der Waals surface area contributed by atoms with Crippen LogP contribution < -0.4 is 23.8 Å². The van der Waals surface area contributed by atoms with Gasteiger partial charge in [-0.15, -0.1) is 0 Å². The number of morpholine rings is 1. The van der Waals surface area contributed by atoms with Crippen molar-refractivity contribution in [2.75, 3.05) is 52.5 Å². The molecule has 0 saturated carbocycles. The van der Waals surface area contributed by atoms with Crippen molar-refractivity contribution in [3.8, 4) is 45.3 Å². The lowest BCUT2D eigenvalue weighted by Gasteiger charge is -2.39. The highest BCUT2D eigenvalue weighted by Gasteiger charge is 2.45. The summed E-state index contributed by atoms with van der Waals surface area (Å²) in [6.45, 7) is 15.0. The summed E-state index contributed by atoms with van der Waals surface area (Å²) in [5.74, 6) is 3.16. The zero-order valence-corrected chi connectivity index (χ0v) is 31.7. The van der Waals surface area contributed by atoms with Crippen LogP contribution in [0.1, 0.15) is 41.7 Å². The van der Waals surface area contributed by atoms with E-state index in [9.17, 15) is 0 Å². The Morgan fingerprint density at radius 2 is 1.35 bits per heavy atom. The first kappa shape index (κ1) is 34.5. The Hall–Kier alpha value is -6.23. The van der Waals surface area contributed by atoms with Gasteiger partial charge in [0.25, 0.3) is 0 Å². The maximum atomic E-state index is 7.59. The summed E-state index contributed by atoms with van der Waals surface area (Å²) in [6, 6.07) is 35.4. The van der Waals surface area contributed by atoms with E-state index in [0.29, 0.717) is 18.9 Å². The molecule has 0 bridgehead atoms. The predicted molar refractivity (Wildman–Crippen MR) is 219 cm³/mol. The molecular formula is C48H42N2O5. The molecule has 2 heterocycles. The standard InChI is InChI=1S/C48H42N2O5/c1-47(2)41-27-31(30-7-14-34(49-3)15-8-30)9-20-37(41)44-39-28-42(50-23-25-54-26-24-50)43(53-6)29-40(39)46-38(45(44)47)21-22-48(55-46,32-10-16-35(51-4)17-11-32)33-12-18-36(52-5)19-13-33/h7-22,27-29H,23-26H2,1-2,4-6H3. The van der Waals surface area contributed by atoms with Crippen LogP contribution in [-0.4, -0.2) is 47.6 Å². The molecule has 6 aromatic rings. The number of hydrogen-bond acceptors (Lipinski definition) is 6. The van der Waals surface area contributed by atoms with Crippen LogP contribution in [0, 0.1) is 6.57 Å². The lowest BCUT2D eigenvalue weighted by Crippen LogP contribution is -2.36. The van der Waals surface area contributed by atoms with Gasteiger partial charge in [-0.25, -0.2) is 4.85 Å². The van der Waals surface area contributed by atoms with Gasteiger partial charge in [0, 0.05) is 40.6 Å². The largest absolute Gasteiger partial charge is 0.497 e. The Labute approximate surface area is 322 Å². The van der Waals surface area contributed by atoms with Crippen LogP contribution in [0.15, 0.2) is 109 Å². The highest BCUT2D eigenvalue weighted by molar-refractivity contribution is 6.10. The average Bonchev–Trinajstić information content (AvgIpc) is 3.49.